The van der Waals surface area contributed by atoms with Crippen LogP contribution in [0.5, 0.6) is 5.75 Å². The van der Waals surface area contributed by atoms with Gasteiger partial charge in [0, 0.05) is 19.1 Å². The molecule has 1 rings (SSSR count). The molecule has 1 aromatic rings. The van der Waals surface area contributed by atoms with Gasteiger partial charge in [0.2, 0.25) is 0 Å². The topological polar surface area (TPSA) is 38.5 Å². The largest absolute Gasteiger partial charge is 0.497 e. The van der Waals surface area contributed by atoms with Crippen molar-refractivity contribution in [3.8, 4) is 5.75 Å². The molecule has 0 bridgehead atoms. The molecule has 3 nitrogen and oxygen atoms in total. The number of hydrogen-bond acceptors (Lipinski definition) is 3. The summed E-state index contributed by atoms with van der Waals surface area (Å²) in [7, 11) is 3.82. The highest BCUT2D eigenvalue weighted by molar-refractivity contribution is 5.27. The van der Waals surface area contributed by atoms with E-state index in [0.717, 1.165) is 31.7 Å². The monoisotopic (exact) mass is 236 g/mol. The Hall–Kier alpha value is -1.06. The summed E-state index contributed by atoms with van der Waals surface area (Å²) in [5.74, 6) is 0.919. The summed E-state index contributed by atoms with van der Waals surface area (Å²) >= 11 is 0. The normalized spacial score (nSPS) is 12.8. The maximum Gasteiger partial charge on any atom is 0.118 e. The molecule has 0 aliphatic heterocycles. The standard InChI is InChI=1S/C14H24N2O/c1-12(16(2)11-10-15)4-5-13-6-8-14(17-3)9-7-13/h6-9,12H,4-5,10-11,15H2,1-3H3. The quantitative estimate of drug-likeness (QED) is 0.786. The van der Waals surface area contributed by atoms with Crippen LogP contribution in [0.4, 0.5) is 0 Å². The van der Waals surface area contributed by atoms with Crippen molar-refractivity contribution in [2.75, 3.05) is 27.2 Å². The Kier molecular flexibility index (Phi) is 6.01. The second-order valence-corrected chi connectivity index (χ2v) is 4.51. The van der Waals surface area contributed by atoms with Crippen LogP contribution in [0.25, 0.3) is 0 Å². The van der Waals surface area contributed by atoms with E-state index in [9.17, 15) is 0 Å². The van der Waals surface area contributed by atoms with Crippen molar-refractivity contribution in [2.24, 2.45) is 5.73 Å². The van der Waals surface area contributed by atoms with Crippen LogP contribution in [0.2, 0.25) is 0 Å². The van der Waals surface area contributed by atoms with E-state index in [1.807, 2.05) is 12.1 Å². The maximum atomic E-state index is 5.55. The highest BCUT2D eigenvalue weighted by atomic mass is 16.5. The summed E-state index contributed by atoms with van der Waals surface area (Å²) in [5.41, 5.74) is 6.91. The number of aryl methyl sites for hydroxylation is 1. The number of nitrogens with zero attached hydrogens (tertiary/aromatic N) is 1. The lowest BCUT2D eigenvalue weighted by Gasteiger charge is -2.23. The van der Waals surface area contributed by atoms with Gasteiger partial charge in [0.1, 0.15) is 5.75 Å². The summed E-state index contributed by atoms with van der Waals surface area (Å²) in [6.45, 7) is 3.94. The second-order valence-electron chi connectivity index (χ2n) is 4.51. The van der Waals surface area contributed by atoms with Gasteiger partial charge in [-0.1, -0.05) is 12.1 Å². The number of nitrogens with two attached hydrogens (primary N) is 1. The molecule has 0 aliphatic carbocycles. The molecule has 3 heteroatoms. The van der Waals surface area contributed by atoms with E-state index >= 15 is 0 Å². The molecule has 1 unspecified atom stereocenters. The van der Waals surface area contributed by atoms with Gasteiger partial charge in [-0.2, -0.15) is 0 Å². The van der Waals surface area contributed by atoms with Crippen molar-refractivity contribution in [3.05, 3.63) is 29.8 Å². The fourth-order valence-corrected chi connectivity index (χ4v) is 1.81. The van der Waals surface area contributed by atoms with Gasteiger partial charge in [0.15, 0.2) is 0 Å². The molecule has 0 radical (unpaired) electrons. The second kappa shape index (κ2) is 7.30. The Balaban J connectivity index is 2.38. The van der Waals surface area contributed by atoms with E-state index in [2.05, 4.69) is 31.0 Å². The zero-order valence-electron chi connectivity index (χ0n) is 11.1. The van der Waals surface area contributed by atoms with Crippen LogP contribution < -0.4 is 10.5 Å². The smallest absolute Gasteiger partial charge is 0.118 e. The average Bonchev–Trinajstić information content (AvgIpc) is 2.36. The van der Waals surface area contributed by atoms with E-state index in [0.29, 0.717) is 6.04 Å². The van der Waals surface area contributed by atoms with Crippen LogP contribution in [-0.2, 0) is 6.42 Å². The van der Waals surface area contributed by atoms with Gasteiger partial charge in [-0.25, -0.2) is 0 Å². The Labute approximate surface area is 105 Å². The van der Waals surface area contributed by atoms with Crippen molar-refractivity contribution < 1.29 is 4.74 Å². The molecule has 0 fully saturated rings. The molecule has 1 aromatic carbocycles. The Bertz CT molecular complexity index is 311. The summed E-state index contributed by atoms with van der Waals surface area (Å²) in [6.07, 6.45) is 2.25. The molecule has 0 spiro atoms. The lowest BCUT2D eigenvalue weighted by atomic mass is 10.1. The molecule has 0 aromatic heterocycles. The van der Waals surface area contributed by atoms with Gasteiger partial charge in [-0.3, -0.25) is 0 Å². The van der Waals surface area contributed by atoms with Crippen molar-refractivity contribution >= 4 is 0 Å². The van der Waals surface area contributed by atoms with E-state index in [-0.39, 0.29) is 0 Å². The zero-order chi connectivity index (χ0) is 12.7. The van der Waals surface area contributed by atoms with E-state index in [4.69, 9.17) is 10.5 Å². The van der Waals surface area contributed by atoms with Gasteiger partial charge in [-0.15, -0.1) is 0 Å². The molecular weight excluding hydrogens is 212 g/mol. The predicted octanol–water partition coefficient (Wildman–Crippen LogP) is 1.91. The third-order valence-electron chi connectivity index (χ3n) is 3.24. The summed E-state index contributed by atoms with van der Waals surface area (Å²) in [6, 6.07) is 8.87. The van der Waals surface area contributed by atoms with Crippen molar-refractivity contribution in [2.45, 2.75) is 25.8 Å². The number of ether oxygens (including phenoxy) is 1. The highest BCUT2D eigenvalue weighted by Gasteiger charge is 2.08. The first kappa shape index (κ1) is 14.0. The molecule has 1 atom stereocenters. The van der Waals surface area contributed by atoms with Crippen molar-refractivity contribution in [1.82, 2.24) is 4.90 Å². The first-order valence-corrected chi connectivity index (χ1v) is 6.20. The minimum atomic E-state index is 0.570. The average molecular weight is 236 g/mol. The van der Waals surface area contributed by atoms with Gasteiger partial charge < -0.3 is 15.4 Å². The molecule has 17 heavy (non-hydrogen) atoms. The number of benzene rings is 1. The van der Waals surface area contributed by atoms with Crippen LogP contribution >= 0.6 is 0 Å². The number of hydrogen-bond donors (Lipinski definition) is 1. The number of methoxy groups -OCH3 is 1. The first-order chi connectivity index (χ1) is 8.17. The summed E-state index contributed by atoms with van der Waals surface area (Å²) < 4.78 is 5.14. The van der Waals surface area contributed by atoms with Gasteiger partial charge >= 0.3 is 0 Å². The lowest BCUT2D eigenvalue weighted by Crippen LogP contribution is -2.33. The molecule has 0 amide bonds. The fraction of sp³-hybridized carbons (Fsp3) is 0.571. The Morgan fingerprint density at radius 2 is 1.94 bits per heavy atom. The van der Waals surface area contributed by atoms with Crippen molar-refractivity contribution in [1.29, 1.82) is 0 Å². The van der Waals surface area contributed by atoms with E-state index in [1.165, 1.54) is 5.56 Å². The predicted molar refractivity (Wildman–Crippen MR) is 72.5 cm³/mol. The third kappa shape index (κ3) is 4.75. The minimum Gasteiger partial charge on any atom is -0.497 e. The highest BCUT2D eigenvalue weighted by Crippen LogP contribution is 2.14. The molecule has 2 N–H and O–H groups in total. The number of likely N-dealkylation sites (N-methyl/N-ethyl adjacent to an activating group) is 1. The van der Waals surface area contributed by atoms with E-state index < -0.39 is 0 Å². The van der Waals surface area contributed by atoms with Gasteiger partial charge in [0.25, 0.3) is 0 Å². The van der Waals surface area contributed by atoms with Gasteiger partial charge in [0.05, 0.1) is 7.11 Å². The summed E-state index contributed by atoms with van der Waals surface area (Å²) in [5, 5.41) is 0. The molecule has 0 heterocycles. The summed E-state index contributed by atoms with van der Waals surface area (Å²) in [4.78, 5) is 2.31. The van der Waals surface area contributed by atoms with Crippen molar-refractivity contribution in [3.63, 3.8) is 0 Å². The number of rotatable bonds is 7. The molecular formula is C14H24N2O. The fourth-order valence-electron chi connectivity index (χ4n) is 1.81. The SMILES string of the molecule is COc1ccc(CCC(C)N(C)CCN)cc1. The van der Waals surface area contributed by atoms with E-state index in [1.54, 1.807) is 7.11 Å². The van der Waals surface area contributed by atoms with Crippen LogP contribution in [0.3, 0.4) is 0 Å². The van der Waals surface area contributed by atoms with Gasteiger partial charge in [-0.05, 0) is 44.5 Å². The molecule has 0 aliphatic rings. The van der Waals surface area contributed by atoms with Crippen LogP contribution in [-0.4, -0.2) is 38.2 Å². The zero-order valence-corrected chi connectivity index (χ0v) is 11.1. The third-order valence-corrected chi connectivity index (χ3v) is 3.24. The minimum absolute atomic E-state index is 0.570. The van der Waals surface area contributed by atoms with Crippen LogP contribution in [0, 0.1) is 0 Å². The molecule has 96 valence electrons. The lowest BCUT2D eigenvalue weighted by molar-refractivity contribution is 0.253. The maximum absolute atomic E-state index is 5.55. The molecule has 0 saturated carbocycles. The Morgan fingerprint density at radius 1 is 1.29 bits per heavy atom. The van der Waals surface area contributed by atoms with Crippen LogP contribution in [0.1, 0.15) is 18.9 Å². The Morgan fingerprint density at radius 3 is 2.47 bits per heavy atom. The molecule has 0 saturated heterocycles. The van der Waals surface area contributed by atoms with Crippen LogP contribution in [0.15, 0.2) is 24.3 Å². The first-order valence-electron chi connectivity index (χ1n) is 6.20.